The number of likely N-dealkylation sites (tertiary alicyclic amines) is 1. The minimum atomic E-state index is -0.546. The molecule has 0 aromatic carbocycles. The van der Waals surface area contributed by atoms with Crippen LogP contribution < -0.4 is 0 Å². The summed E-state index contributed by atoms with van der Waals surface area (Å²) in [6.45, 7) is 4.44. The maximum Gasteiger partial charge on any atom is 0.0938 e. The van der Waals surface area contributed by atoms with Crippen molar-refractivity contribution in [2.24, 2.45) is 5.92 Å². The predicted molar refractivity (Wildman–Crippen MR) is 60.7 cm³/mol. The van der Waals surface area contributed by atoms with Crippen molar-refractivity contribution in [1.29, 1.82) is 0 Å². The van der Waals surface area contributed by atoms with Crippen LogP contribution in [0, 0.1) is 5.92 Å². The maximum atomic E-state index is 9.33. The van der Waals surface area contributed by atoms with Crippen LogP contribution in [-0.2, 0) is 0 Å². The molecule has 4 heteroatoms. The number of β-amino-alcohol motifs (C(OH)–C–C–N with tert-alkyl or cyclic N) is 2. The Bertz CT molecular complexity index is 158. The highest BCUT2D eigenvalue weighted by Crippen LogP contribution is 2.14. The first-order chi connectivity index (χ1) is 6.63. The van der Waals surface area contributed by atoms with Crippen LogP contribution in [-0.4, -0.2) is 52.7 Å². The van der Waals surface area contributed by atoms with Gasteiger partial charge >= 0.3 is 0 Å². The third kappa shape index (κ3) is 3.77. The van der Waals surface area contributed by atoms with Gasteiger partial charge in [-0.15, -0.1) is 0 Å². The number of aliphatic hydroxyl groups excluding tert-OH is 2. The van der Waals surface area contributed by atoms with Gasteiger partial charge in [-0.2, -0.15) is 12.6 Å². The van der Waals surface area contributed by atoms with Gasteiger partial charge in [-0.1, -0.05) is 6.92 Å². The first-order valence-corrected chi connectivity index (χ1v) is 5.96. The van der Waals surface area contributed by atoms with Gasteiger partial charge < -0.3 is 10.2 Å². The van der Waals surface area contributed by atoms with E-state index in [4.69, 9.17) is 0 Å². The molecule has 0 aromatic heterocycles. The zero-order valence-electron chi connectivity index (χ0n) is 8.76. The molecule has 0 amide bonds. The van der Waals surface area contributed by atoms with E-state index in [0.717, 1.165) is 25.1 Å². The SMILES string of the molecule is CC(CCS)CCN1CC(O)C(O)C1. The summed E-state index contributed by atoms with van der Waals surface area (Å²) >= 11 is 4.20. The largest absolute Gasteiger partial charge is 0.389 e. The Hall–Kier alpha value is 0.230. The van der Waals surface area contributed by atoms with E-state index in [1.165, 1.54) is 0 Å². The molecule has 3 unspecified atom stereocenters. The molecule has 3 nitrogen and oxygen atoms in total. The molecule has 1 saturated heterocycles. The summed E-state index contributed by atoms with van der Waals surface area (Å²) in [5.41, 5.74) is 0. The summed E-state index contributed by atoms with van der Waals surface area (Å²) in [6.07, 6.45) is 1.17. The first kappa shape index (κ1) is 12.3. The Morgan fingerprint density at radius 1 is 1.29 bits per heavy atom. The highest BCUT2D eigenvalue weighted by Gasteiger charge is 2.28. The molecule has 2 N–H and O–H groups in total. The number of nitrogens with zero attached hydrogens (tertiary/aromatic N) is 1. The van der Waals surface area contributed by atoms with Crippen molar-refractivity contribution in [3.63, 3.8) is 0 Å². The van der Waals surface area contributed by atoms with Crippen LogP contribution in [0.4, 0.5) is 0 Å². The molecule has 1 aliphatic heterocycles. The third-order valence-electron chi connectivity index (χ3n) is 2.89. The number of thiol groups is 1. The summed E-state index contributed by atoms with van der Waals surface area (Å²) in [4.78, 5) is 2.13. The molecule has 0 aliphatic carbocycles. The van der Waals surface area contributed by atoms with Crippen LogP contribution in [0.1, 0.15) is 19.8 Å². The molecule has 1 fully saturated rings. The van der Waals surface area contributed by atoms with Crippen molar-refractivity contribution >= 4 is 12.6 Å². The van der Waals surface area contributed by atoms with Crippen LogP contribution >= 0.6 is 12.6 Å². The van der Waals surface area contributed by atoms with Gasteiger partial charge in [-0.25, -0.2) is 0 Å². The van der Waals surface area contributed by atoms with Crippen molar-refractivity contribution in [3.8, 4) is 0 Å². The second kappa shape index (κ2) is 5.95. The first-order valence-electron chi connectivity index (χ1n) is 5.32. The summed E-state index contributed by atoms with van der Waals surface area (Å²) in [7, 11) is 0. The Morgan fingerprint density at radius 3 is 2.36 bits per heavy atom. The average Bonchev–Trinajstić information content (AvgIpc) is 2.44. The van der Waals surface area contributed by atoms with Gasteiger partial charge in [0.1, 0.15) is 0 Å². The molecule has 84 valence electrons. The van der Waals surface area contributed by atoms with E-state index in [-0.39, 0.29) is 0 Å². The van der Waals surface area contributed by atoms with Crippen LogP contribution in [0.3, 0.4) is 0 Å². The van der Waals surface area contributed by atoms with E-state index in [1.807, 2.05) is 0 Å². The molecule has 0 radical (unpaired) electrons. The molecule has 0 spiro atoms. The molecule has 1 aliphatic rings. The second-order valence-electron chi connectivity index (χ2n) is 4.30. The third-order valence-corrected chi connectivity index (χ3v) is 3.15. The van der Waals surface area contributed by atoms with Crippen LogP contribution in [0.15, 0.2) is 0 Å². The summed E-state index contributed by atoms with van der Waals surface area (Å²) in [5, 5.41) is 18.7. The van der Waals surface area contributed by atoms with Crippen LogP contribution in [0.2, 0.25) is 0 Å². The molecular formula is C10H21NO2S. The molecule has 0 saturated carbocycles. The minimum Gasteiger partial charge on any atom is -0.389 e. The lowest BCUT2D eigenvalue weighted by atomic mass is 10.1. The molecule has 1 rings (SSSR count). The van der Waals surface area contributed by atoms with Crippen LogP contribution in [0.5, 0.6) is 0 Å². The van der Waals surface area contributed by atoms with E-state index in [0.29, 0.717) is 19.0 Å². The van der Waals surface area contributed by atoms with E-state index < -0.39 is 12.2 Å². The summed E-state index contributed by atoms with van der Waals surface area (Å²) < 4.78 is 0. The van der Waals surface area contributed by atoms with Crippen LogP contribution in [0.25, 0.3) is 0 Å². The Kier molecular flexibility index (Phi) is 5.23. The van der Waals surface area contributed by atoms with Gasteiger partial charge in [0.05, 0.1) is 12.2 Å². The highest BCUT2D eigenvalue weighted by atomic mass is 32.1. The molecule has 14 heavy (non-hydrogen) atoms. The summed E-state index contributed by atoms with van der Waals surface area (Å²) in [5.74, 6) is 1.62. The Balaban J connectivity index is 2.13. The fraction of sp³-hybridized carbons (Fsp3) is 1.00. The van der Waals surface area contributed by atoms with Crippen molar-refractivity contribution in [1.82, 2.24) is 4.90 Å². The van der Waals surface area contributed by atoms with Gasteiger partial charge in [0.15, 0.2) is 0 Å². The fourth-order valence-electron chi connectivity index (χ4n) is 1.80. The number of rotatable bonds is 5. The van der Waals surface area contributed by atoms with E-state index in [1.54, 1.807) is 0 Å². The molecular weight excluding hydrogens is 198 g/mol. The Labute approximate surface area is 91.5 Å². The van der Waals surface area contributed by atoms with Gasteiger partial charge in [0, 0.05) is 13.1 Å². The van der Waals surface area contributed by atoms with Gasteiger partial charge in [0.25, 0.3) is 0 Å². The Morgan fingerprint density at radius 2 is 1.86 bits per heavy atom. The van der Waals surface area contributed by atoms with E-state index >= 15 is 0 Å². The topological polar surface area (TPSA) is 43.7 Å². The summed E-state index contributed by atoms with van der Waals surface area (Å²) in [6, 6.07) is 0. The molecule has 3 atom stereocenters. The minimum absolute atomic E-state index is 0.546. The van der Waals surface area contributed by atoms with Gasteiger partial charge in [0.2, 0.25) is 0 Å². The monoisotopic (exact) mass is 219 g/mol. The number of hydrogen-bond donors (Lipinski definition) is 3. The zero-order chi connectivity index (χ0) is 10.6. The van der Waals surface area contributed by atoms with Crippen molar-refractivity contribution in [2.75, 3.05) is 25.4 Å². The maximum absolute atomic E-state index is 9.33. The predicted octanol–water partition coefficient (Wildman–Crippen LogP) is 0.370. The lowest BCUT2D eigenvalue weighted by molar-refractivity contribution is 0.0572. The normalized spacial score (nSPS) is 30.9. The zero-order valence-corrected chi connectivity index (χ0v) is 9.66. The van der Waals surface area contributed by atoms with Crippen molar-refractivity contribution in [2.45, 2.75) is 32.0 Å². The van der Waals surface area contributed by atoms with Crippen molar-refractivity contribution in [3.05, 3.63) is 0 Å². The van der Waals surface area contributed by atoms with E-state index in [9.17, 15) is 10.2 Å². The van der Waals surface area contributed by atoms with Crippen molar-refractivity contribution < 1.29 is 10.2 Å². The lowest BCUT2D eigenvalue weighted by Gasteiger charge is -2.17. The molecule has 0 bridgehead atoms. The van der Waals surface area contributed by atoms with E-state index in [2.05, 4.69) is 24.5 Å². The number of hydrogen-bond acceptors (Lipinski definition) is 4. The smallest absolute Gasteiger partial charge is 0.0938 e. The number of aliphatic hydroxyl groups is 2. The standard InChI is InChI=1S/C10H21NO2S/c1-8(3-5-14)2-4-11-6-9(12)10(13)7-11/h8-10,12-14H,2-7H2,1H3. The lowest BCUT2D eigenvalue weighted by Crippen LogP contribution is -2.24. The van der Waals surface area contributed by atoms with Gasteiger partial charge in [-0.05, 0) is 31.1 Å². The highest BCUT2D eigenvalue weighted by molar-refractivity contribution is 7.80. The average molecular weight is 219 g/mol. The fourth-order valence-corrected chi connectivity index (χ4v) is 2.24. The second-order valence-corrected chi connectivity index (χ2v) is 4.75. The molecule has 1 heterocycles. The quantitative estimate of drug-likeness (QED) is 0.585. The van der Waals surface area contributed by atoms with Gasteiger partial charge in [-0.3, -0.25) is 4.90 Å². The molecule has 0 aromatic rings.